The van der Waals surface area contributed by atoms with Crippen LogP contribution >= 0.6 is 63.7 Å². The molecule has 0 saturated heterocycles. The number of aliphatic hydroxyl groups is 1. The average Bonchev–Trinajstić information content (AvgIpc) is 2.28. The summed E-state index contributed by atoms with van der Waals surface area (Å²) in [6.07, 6.45) is -0.671. The summed E-state index contributed by atoms with van der Waals surface area (Å²) in [5.74, 6) is 0. The highest BCUT2D eigenvalue weighted by Crippen LogP contribution is 2.37. The second-order valence-electron chi connectivity index (χ2n) is 3.74. The van der Waals surface area contributed by atoms with E-state index in [4.69, 9.17) is 0 Å². The standard InChI is InChI=1S/C13H8Br4O/c14-8-3-1-7(2-4-8)13(18)12-10(16)5-9(15)6-11(12)17/h1-6,13,18H. The van der Waals surface area contributed by atoms with Crippen LogP contribution in [0.25, 0.3) is 0 Å². The smallest absolute Gasteiger partial charge is 0.106 e. The van der Waals surface area contributed by atoms with Gasteiger partial charge in [-0.1, -0.05) is 75.9 Å². The molecule has 94 valence electrons. The first-order valence-corrected chi connectivity index (χ1v) is 8.24. The maximum absolute atomic E-state index is 10.4. The monoisotopic (exact) mass is 496 g/mol. The number of rotatable bonds is 2. The van der Waals surface area contributed by atoms with Crippen molar-refractivity contribution in [2.24, 2.45) is 0 Å². The van der Waals surface area contributed by atoms with Gasteiger partial charge in [-0.2, -0.15) is 0 Å². The Labute approximate surface area is 139 Å². The van der Waals surface area contributed by atoms with E-state index in [1.807, 2.05) is 36.4 Å². The fourth-order valence-corrected chi connectivity index (χ4v) is 4.58. The number of hydrogen-bond donors (Lipinski definition) is 1. The van der Waals surface area contributed by atoms with E-state index >= 15 is 0 Å². The van der Waals surface area contributed by atoms with E-state index in [-0.39, 0.29) is 0 Å². The van der Waals surface area contributed by atoms with Crippen molar-refractivity contribution in [2.45, 2.75) is 6.10 Å². The number of halogens is 4. The van der Waals surface area contributed by atoms with Crippen LogP contribution in [0.15, 0.2) is 54.3 Å². The first-order valence-electron chi connectivity index (χ1n) is 5.07. The van der Waals surface area contributed by atoms with E-state index in [1.54, 1.807) is 0 Å². The lowest BCUT2D eigenvalue weighted by Crippen LogP contribution is -2.01. The molecule has 2 rings (SSSR count). The second-order valence-corrected chi connectivity index (χ2v) is 7.28. The van der Waals surface area contributed by atoms with Gasteiger partial charge in [0.2, 0.25) is 0 Å². The minimum Gasteiger partial charge on any atom is -0.384 e. The van der Waals surface area contributed by atoms with Crippen LogP contribution in [0.4, 0.5) is 0 Å². The highest BCUT2D eigenvalue weighted by molar-refractivity contribution is 9.11. The zero-order valence-electron chi connectivity index (χ0n) is 9.00. The van der Waals surface area contributed by atoms with Gasteiger partial charge in [-0.25, -0.2) is 0 Å². The summed E-state index contributed by atoms with van der Waals surface area (Å²) in [7, 11) is 0. The SMILES string of the molecule is OC(c1ccc(Br)cc1)c1c(Br)cc(Br)cc1Br. The highest BCUT2D eigenvalue weighted by Gasteiger charge is 2.17. The van der Waals surface area contributed by atoms with Gasteiger partial charge in [0.1, 0.15) is 6.10 Å². The molecule has 1 unspecified atom stereocenters. The summed E-state index contributed by atoms with van der Waals surface area (Å²) >= 11 is 13.8. The Morgan fingerprint density at radius 1 is 0.778 bits per heavy atom. The third-order valence-electron chi connectivity index (χ3n) is 2.50. The fourth-order valence-electron chi connectivity index (χ4n) is 1.63. The lowest BCUT2D eigenvalue weighted by Gasteiger charge is -2.16. The third kappa shape index (κ3) is 3.25. The molecular formula is C13H8Br4O. The number of aliphatic hydroxyl groups excluding tert-OH is 1. The molecule has 0 aliphatic heterocycles. The van der Waals surface area contributed by atoms with Crippen molar-refractivity contribution in [1.29, 1.82) is 0 Å². The summed E-state index contributed by atoms with van der Waals surface area (Å²) < 4.78 is 3.67. The summed E-state index contributed by atoms with van der Waals surface area (Å²) in [5, 5.41) is 10.4. The molecule has 1 atom stereocenters. The predicted octanol–water partition coefficient (Wildman–Crippen LogP) is 5.82. The van der Waals surface area contributed by atoms with E-state index in [2.05, 4.69) is 63.7 Å². The number of benzene rings is 2. The third-order valence-corrected chi connectivity index (χ3v) is 4.80. The molecule has 1 nitrogen and oxygen atoms in total. The second kappa shape index (κ2) is 6.18. The van der Waals surface area contributed by atoms with Crippen LogP contribution in [0.5, 0.6) is 0 Å². The molecule has 0 radical (unpaired) electrons. The number of hydrogen-bond acceptors (Lipinski definition) is 1. The molecule has 0 aromatic heterocycles. The molecule has 1 N–H and O–H groups in total. The Kier molecular flexibility index (Phi) is 5.06. The summed E-state index contributed by atoms with van der Waals surface area (Å²) in [6, 6.07) is 11.5. The Hall–Kier alpha value is 0.320. The summed E-state index contributed by atoms with van der Waals surface area (Å²) in [6.45, 7) is 0. The molecule has 2 aromatic rings. The van der Waals surface area contributed by atoms with Crippen molar-refractivity contribution in [3.8, 4) is 0 Å². The van der Waals surface area contributed by atoms with Gasteiger partial charge in [0, 0.05) is 23.5 Å². The van der Waals surface area contributed by atoms with Gasteiger partial charge in [0.15, 0.2) is 0 Å². The van der Waals surface area contributed by atoms with Gasteiger partial charge in [-0.3, -0.25) is 0 Å². The van der Waals surface area contributed by atoms with Crippen molar-refractivity contribution in [3.63, 3.8) is 0 Å². The summed E-state index contributed by atoms with van der Waals surface area (Å²) in [4.78, 5) is 0. The van der Waals surface area contributed by atoms with Gasteiger partial charge in [0.25, 0.3) is 0 Å². The lowest BCUT2D eigenvalue weighted by molar-refractivity contribution is 0.218. The molecule has 5 heteroatoms. The Balaban J connectivity index is 2.46. The first kappa shape index (κ1) is 14.7. The zero-order valence-corrected chi connectivity index (χ0v) is 15.3. The van der Waals surface area contributed by atoms with Crippen LogP contribution in [-0.4, -0.2) is 5.11 Å². The molecule has 0 amide bonds. The van der Waals surface area contributed by atoms with Crippen LogP contribution in [0, 0.1) is 0 Å². The van der Waals surface area contributed by atoms with Crippen LogP contribution in [0.1, 0.15) is 17.2 Å². The molecule has 0 saturated carbocycles. The van der Waals surface area contributed by atoms with Crippen LogP contribution in [0.3, 0.4) is 0 Å². The summed E-state index contributed by atoms with van der Waals surface area (Å²) in [5.41, 5.74) is 1.67. The van der Waals surface area contributed by atoms with E-state index < -0.39 is 6.10 Å². The quantitative estimate of drug-likeness (QED) is 0.552. The van der Waals surface area contributed by atoms with Gasteiger partial charge in [0.05, 0.1) is 0 Å². The van der Waals surface area contributed by atoms with Gasteiger partial charge in [-0.05, 0) is 29.8 Å². The molecule has 0 aliphatic rings. The highest BCUT2D eigenvalue weighted by atomic mass is 79.9. The van der Waals surface area contributed by atoms with Crippen LogP contribution in [-0.2, 0) is 0 Å². The molecule has 18 heavy (non-hydrogen) atoms. The van der Waals surface area contributed by atoms with Gasteiger partial charge >= 0.3 is 0 Å². The first-order chi connectivity index (χ1) is 8.49. The molecular weight excluding hydrogens is 492 g/mol. The minimum absolute atomic E-state index is 0.671. The average molecular weight is 500 g/mol. The van der Waals surface area contributed by atoms with Crippen LogP contribution in [0.2, 0.25) is 0 Å². The molecule has 0 bridgehead atoms. The normalized spacial score (nSPS) is 12.5. The molecule has 0 heterocycles. The van der Waals surface area contributed by atoms with Gasteiger partial charge in [-0.15, -0.1) is 0 Å². The van der Waals surface area contributed by atoms with E-state index in [0.717, 1.165) is 29.0 Å². The van der Waals surface area contributed by atoms with Crippen molar-refractivity contribution in [2.75, 3.05) is 0 Å². The lowest BCUT2D eigenvalue weighted by atomic mass is 10.0. The largest absolute Gasteiger partial charge is 0.384 e. The van der Waals surface area contributed by atoms with Gasteiger partial charge < -0.3 is 5.11 Å². The van der Waals surface area contributed by atoms with E-state index in [1.165, 1.54) is 0 Å². The molecule has 0 spiro atoms. The van der Waals surface area contributed by atoms with E-state index in [9.17, 15) is 5.11 Å². The van der Waals surface area contributed by atoms with Crippen molar-refractivity contribution >= 4 is 63.7 Å². The van der Waals surface area contributed by atoms with Crippen LogP contribution < -0.4 is 0 Å². The zero-order chi connectivity index (χ0) is 13.3. The molecule has 0 fully saturated rings. The molecule has 2 aromatic carbocycles. The van der Waals surface area contributed by atoms with Crippen molar-refractivity contribution in [3.05, 3.63) is 65.4 Å². The predicted molar refractivity (Wildman–Crippen MR) is 87.7 cm³/mol. The maximum atomic E-state index is 10.4. The Morgan fingerprint density at radius 3 is 1.78 bits per heavy atom. The molecule has 0 aliphatic carbocycles. The van der Waals surface area contributed by atoms with Crippen molar-refractivity contribution in [1.82, 2.24) is 0 Å². The maximum Gasteiger partial charge on any atom is 0.106 e. The Bertz CT molecular complexity index is 543. The van der Waals surface area contributed by atoms with E-state index in [0.29, 0.717) is 0 Å². The fraction of sp³-hybridized carbons (Fsp3) is 0.0769. The topological polar surface area (TPSA) is 20.2 Å². The minimum atomic E-state index is -0.671. The van der Waals surface area contributed by atoms with Crippen molar-refractivity contribution < 1.29 is 5.11 Å². The Morgan fingerprint density at radius 2 is 1.28 bits per heavy atom.